The number of nitro groups is 1. The van der Waals surface area contributed by atoms with Crippen LogP contribution in [0.15, 0.2) is 18.2 Å². The van der Waals surface area contributed by atoms with Gasteiger partial charge in [-0.05, 0) is 68.4 Å². The molecule has 23 heavy (non-hydrogen) atoms. The van der Waals surface area contributed by atoms with Gasteiger partial charge < -0.3 is 5.32 Å². The van der Waals surface area contributed by atoms with Gasteiger partial charge in [-0.1, -0.05) is 11.6 Å². The van der Waals surface area contributed by atoms with Gasteiger partial charge in [0.2, 0.25) is 5.91 Å². The highest BCUT2D eigenvalue weighted by molar-refractivity contribution is 6.32. The molecule has 1 aromatic rings. The van der Waals surface area contributed by atoms with Crippen LogP contribution in [0.25, 0.3) is 0 Å². The molecule has 4 bridgehead atoms. The number of rotatable bonds is 3. The van der Waals surface area contributed by atoms with Crippen molar-refractivity contribution in [3.8, 4) is 0 Å². The maximum Gasteiger partial charge on any atom is 0.289 e. The summed E-state index contributed by atoms with van der Waals surface area (Å²) >= 11 is 5.83. The minimum atomic E-state index is -0.525. The molecule has 1 N–H and O–H groups in total. The quantitative estimate of drug-likeness (QED) is 0.657. The van der Waals surface area contributed by atoms with Gasteiger partial charge in [-0.2, -0.15) is 0 Å². The van der Waals surface area contributed by atoms with Crippen LogP contribution in [0.1, 0.15) is 38.5 Å². The minimum absolute atomic E-state index is 0.0354. The van der Waals surface area contributed by atoms with Crippen LogP contribution in [0, 0.1) is 33.3 Å². The summed E-state index contributed by atoms with van der Waals surface area (Å²) in [6.45, 7) is 0. The summed E-state index contributed by atoms with van der Waals surface area (Å²) in [6.07, 6.45) is 6.75. The van der Waals surface area contributed by atoms with Gasteiger partial charge in [-0.3, -0.25) is 14.9 Å². The molecule has 0 aliphatic heterocycles. The van der Waals surface area contributed by atoms with Crippen LogP contribution in [0.3, 0.4) is 0 Å². The van der Waals surface area contributed by atoms with Gasteiger partial charge in [0.15, 0.2) is 0 Å². The van der Waals surface area contributed by atoms with Crippen LogP contribution in [0.2, 0.25) is 5.02 Å². The fourth-order valence-corrected chi connectivity index (χ4v) is 5.57. The summed E-state index contributed by atoms with van der Waals surface area (Å²) in [5.41, 5.74) is 0.0280. The highest BCUT2D eigenvalue weighted by Crippen LogP contribution is 2.60. The molecule has 1 aromatic carbocycles. The molecule has 0 saturated heterocycles. The van der Waals surface area contributed by atoms with E-state index in [1.54, 1.807) is 6.07 Å². The van der Waals surface area contributed by atoms with Crippen molar-refractivity contribution >= 4 is 28.9 Å². The predicted octanol–water partition coefficient (Wildman–Crippen LogP) is 4.40. The van der Waals surface area contributed by atoms with Crippen LogP contribution in [-0.4, -0.2) is 10.8 Å². The van der Waals surface area contributed by atoms with Crippen molar-refractivity contribution in [3.05, 3.63) is 33.3 Å². The highest BCUT2D eigenvalue weighted by atomic mass is 35.5. The van der Waals surface area contributed by atoms with Crippen molar-refractivity contribution in [2.24, 2.45) is 23.2 Å². The van der Waals surface area contributed by atoms with Gasteiger partial charge in [0, 0.05) is 11.8 Å². The first-order valence-electron chi connectivity index (χ1n) is 8.20. The molecule has 1 amide bonds. The fraction of sp³-hybridized carbons (Fsp3) is 0.588. The van der Waals surface area contributed by atoms with E-state index in [2.05, 4.69) is 5.32 Å². The maximum absolute atomic E-state index is 12.9. The zero-order chi connectivity index (χ0) is 16.2. The van der Waals surface area contributed by atoms with Gasteiger partial charge in [-0.15, -0.1) is 0 Å². The van der Waals surface area contributed by atoms with Crippen molar-refractivity contribution in [1.29, 1.82) is 0 Å². The van der Waals surface area contributed by atoms with Crippen molar-refractivity contribution < 1.29 is 9.72 Å². The summed E-state index contributed by atoms with van der Waals surface area (Å²) < 4.78 is 0. The number of anilines is 1. The lowest BCUT2D eigenvalue weighted by molar-refractivity contribution is -0.384. The third-order valence-electron chi connectivity index (χ3n) is 5.92. The van der Waals surface area contributed by atoms with Crippen LogP contribution in [-0.2, 0) is 4.79 Å². The lowest BCUT2D eigenvalue weighted by Gasteiger charge is -2.55. The topological polar surface area (TPSA) is 72.2 Å². The number of hydrogen-bond donors (Lipinski definition) is 1. The fourth-order valence-electron chi connectivity index (χ4n) is 5.38. The molecule has 0 atom stereocenters. The van der Waals surface area contributed by atoms with Crippen LogP contribution in [0.4, 0.5) is 11.4 Å². The third kappa shape index (κ3) is 2.51. The van der Waals surface area contributed by atoms with E-state index < -0.39 is 4.92 Å². The summed E-state index contributed by atoms with van der Waals surface area (Å²) in [6, 6.07) is 4.45. The smallest absolute Gasteiger partial charge is 0.289 e. The van der Waals surface area contributed by atoms with Crippen LogP contribution in [0.5, 0.6) is 0 Å². The monoisotopic (exact) mass is 334 g/mol. The molecule has 4 fully saturated rings. The molecule has 5 nitrogen and oxygen atoms in total. The zero-order valence-electron chi connectivity index (χ0n) is 12.8. The molecule has 122 valence electrons. The van der Waals surface area contributed by atoms with Crippen molar-refractivity contribution in [2.45, 2.75) is 38.5 Å². The predicted molar refractivity (Wildman–Crippen MR) is 87.3 cm³/mol. The molecule has 0 radical (unpaired) electrons. The zero-order valence-corrected chi connectivity index (χ0v) is 13.5. The Morgan fingerprint density at radius 2 is 1.74 bits per heavy atom. The first-order chi connectivity index (χ1) is 10.9. The van der Waals surface area contributed by atoms with Gasteiger partial charge >= 0.3 is 0 Å². The Labute approximate surface area is 139 Å². The molecular weight excluding hydrogens is 316 g/mol. The number of nitro benzene ring substituents is 1. The first kappa shape index (κ1) is 14.9. The summed E-state index contributed by atoms with van der Waals surface area (Å²) in [5.74, 6) is 2.10. The van der Waals surface area contributed by atoms with Crippen molar-refractivity contribution in [3.63, 3.8) is 0 Å². The van der Waals surface area contributed by atoms with Crippen LogP contribution < -0.4 is 5.32 Å². The van der Waals surface area contributed by atoms with E-state index in [-0.39, 0.29) is 22.0 Å². The van der Waals surface area contributed by atoms with E-state index in [0.29, 0.717) is 23.4 Å². The van der Waals surface area contributed by atoms with E-state index in [4.69, 9.17) is 11.6 Å². The van der Waals surface area contributed by atoms with E-state index in [1.807, 2.05) is 0 Å². The first-order valence-corrected chi connectivity index (χ1v) is 8.58. The molecule has 0 spiro atoms. The van der Waals surface area contributed by atoms with E-state index in [0.717, 1.165) is 19.3 Å². The molecule has 6 heteroatoms. The number of benzene rings is 1. The standard InChI is InChI=1S/C17H19ClN2O3/c18-14-2-1-13(6-15(14)20(22)23)19-16(21)17-7-10-3-11(8-17)5-12(4-10)9-17/h1-2,6,10-12H,3-5,7-9H2,(H,19,21). The van der Waals surface area contributed by atoms with E-state index >= 15 is 0 Å². The number of amides is 1. The Kier molecular flexibility index (Phi) is 3.38. The number of carbonyl (C=O) groups is 1. The lowest BCUT2D eigenvalue weighted by Crippen LogP contribution is -2.51. The normalized spacial score (nSPS) is 34.4. The molecule has 0 aromatic heterocycles. The Morgan fingerprint density at radius 1 is 1.17 bits per heavy atom. The van der Waals surface area contributed by atoms with Gasteiger partial charge in [0.1, 0.15) is 5.02 Å². The van der Waals surface area contributed by atoms with Gasteiger partial charge in [-0.25, -0.2) is 0 Å². The van der Waals surface area contributed by atoms with Crippen molar-refractivity contribution in [2.75, 3.05) is 5.32 Å². The molecule has 4 aliphatic carbocycles. The molecular formula is C17H19ClN2O3. The number of nitrogens with zero attached hydrogens (tertiary/aromatic N) is 1. The van der Waals surface area contributed by atoms with Gasteiger partial charge in [0.05, 0.1) is 10.3 Å². The second-order valence-corrected chi connectivity index (χ2v) is 7.98. The molecule has 4 saturated carbocycles. The lowest BCUT2D eigenvalue weighted by atomic mass is 9.49. The highest BCUT2D eigenvalue weighted by Gasteiger charge is 2.54. The van der Waals surface area contributed by atoms with E-state index in [9.17, 15) is 14.9 Å². The SMILES string of the molecule is O=C(Nc1ccc(Cl)c([N+](=O)[O-])c1)C12CC3CC(CC(C3)C1)C2. The number of hydrogen-bond acceptors (Lipinski definition) is 3. The Hall–Kier alpha value is -1.62. The van der Waals surface area contributed by atoms with Gasteiger partial charge in [0.25, 0.3) is 5.69 Å². The molecule has 4 aliphatic rings. The number of carbonyl (C=O) groups excluding carboxylic acids is 1. The van der Waals surface area contributed by atoms with E-state index in [1.165, 1.54) is 31.4 Å². The molecule has 5 rings (SSSR count). The van der Waals surface area contributed by atoms with Crippen molar-refractivity contribution in [1.82, 2.24) is 0 Å². The average Bonchev–Trinajstić information content (AvgIpc) is 2.47. The molecule has 0 unspecified atom stereocenters. The summed E-state index contributed by atoms with van der Waals surface area (Å²) in [7, 11) is 0. The largest absolute Gasteiger partial charge is 0.325 e. The number of nitrogens with one attached hydrogen (secondary N) is 1. The number of halogens is 1. The molecule has 0 heterocycles. The summed E-state index contributed by atoms with van der Waals surface area (Å²) in [4.78, 5) is 23.4. The summed E-state index contributed by atoms with van der Waals surface area (Å²) in [5, 5.41) is 14.0. The minimum Gasteiger partial charge on any atom is -0.325 e. The second kappa shape index (κ2) is 5.20. The average molecular weight is 335 g/mol. The Morgan fingerprint density at radius 3 is 2.26 bits per heavy atom. The maximum atomic E-state index is 12.9. The van der Waals surface area contributed by atoms with Crippen LogP contribution >= 0.6 is 11.6 Å². The Balaban J connectivity index is 1.56. The Bertz CT molecular complexity index is 653. The second-order valence-electron chi connectivity index (χ2n) is 7.58. The third-order valence-corrected chi connectivity index (χ3v) is 6.24.